The van der Waals surface area contributed by atoms with Crippen LogP contribution in [0.5, 0.6) is 23.0 Å². The van der Waals surface area contributed by atoms with E-state index in [1.165, 1.54) is 50.2 Å². The lowest BCUT2D eigenvalue weighted by molar-refractivity contribution is 0.320. The number of anilines is 3. The maximum atomic E-state index is 6.90. The summed E-state index contributed by atoms with van der Waals surface area (Å²) in [6.07, 6.45) is 2.32. The fourth-order valence-corrected chi connectivity index (χ4v) is 11.7. The van der Waals surface area contributed by atoms with Crippen molar-refractivity contribution >= 4 is 58.6 Å². The Hall–Kier alpha value is -4.22. The van der Waals surface area contributed by atoms with Gasteiger partial charge in [-0.1, -0.05) is 101 Å². The van der Waals surface area contributed by atoms with Crippen LogP contribution in [0.3, 0.4) is 0 Å². The second-order valence-corrected chi connectivity index (χ2v) is 19.5. The summed E-state index contributed by atoms with van der Waals surface area (Å²) in [6.45, 7) is 14.5. The number of hydrogen-bond acceptors (Lipinski definition) is 3. The summed E-state index contributed by atoms with van der Waals surface area (Å²) in [5.41, 5.74) is 10.2. The minimum atomic E-state index is -1.86. The summed E-state index contributed by atoms with van der Waals surface area (Å²) < 4.78 is 13.7. The van der Waals surface area contributed by atoms with Gasteiger partial charge in [-0.05, 0) is 80.9 Å². The van der Waals surface area contributed by atoms with Crippen molar-refractivity contribution in [2.45, 2.75) is 64.5 Å². The molecule has 0 unspecified atom stereocenters. The molecule has 3 heterocycles. The molecule has 3 nitrogen and oxygen atoms in total. The van der Waals surface area contributed by atoms with E-state index in [-0.39, 0.29) is 17.5 Å². The van der Waals surface area contributed by atoms with E-state index in [2.05, 4.69) is 143 Å². The summed E-state index contributed by atoms with van der Waals surface area (Å²) in [6, 6.07) is 35.8. The zero-order chi connectivity index (χ0) is 30.9. The summed E-state index contributed by atoms with van der Waals surface area (Å²) in [5.74, 6) is 3.78. The average Bonchev–Trinajstić information content (AvgIpc) is 3.03. The van der Waals surface area contributed by atoms with Gasteiger partial charge >= 0.3 is 0 Å². The van der Waals surface area contributed by atoms with E-state index in [0.717, 1.165) is 40.6 Å². The first-order valence-corrected chi connectivity index (χ1v) is 19.4. The van der Waals surface area contributed by atoms with Gasteiger partial charge in [0, 0.05) is 34.2 Å². The highest BCUT2D eigenvalue weighted by Crippen LogP contribution is 2.51. The molecule has 0 N–H and O–H groups in total. The molecule has 45 heavy (non-hydrogen) atoms. The lowest BCUT2D eigenvalue weighted by atomic mass is 9.34. The third-order valence-electron chi connectivity index (χ3n) is 11.2. The second-order valence-electron chi connectivity index (χ2n) is 15.2. The Kier molecular flexibility index (Phi) is 5.39. The molecule has 4 aliphatic rings. The molecule has 0 radical (unpaired) electrons. The number of para-hydroxylation sites is 2. The molecule has 3 aliphatic heterocycles. The van der Waals surface area contributed by atoms with Crippen molar-refractivity contribution in [1.29, 1.82) is 0 Å². The maximum absolute atomic E-state index is 6.90. The Labute approximate surface area is 267 Å². The van der Waals surface area contributed by atoms with Crippen LogP contribution in [0.15, 0.2) is 97.1 Å². The Bertz CT molecular complexity index is 2030. The molecule has 0 saturated carbocycles. The quantitative estimate of drug-likeness (QED) is 0.183. The van der Waals surface area contributed by atoms with Crippen molar-refractivity contribution in [3.05, 3.63) is 108 Å². The van der Waals surface area contributed by atoms with Gasteiger partial charge in [0.05, 0.1) is 0 Å². The van der Waals surface area contributed by atoms with Crippen LogP contribution in [0.2, 0.25) is 13.1 Å². The first-order chi connectivity index (χ1) is 21.6. The first-order valence-electron chi connectivity index (χ1n) is 16.4. The van der Waals surface area contributed by atoms with Gasteiger partial charge in [0.2, 0.25) is 0 Å². The molecule has 0 spiro atoms. The van der Waals surface area contributed by atoms with Crippen molar-refractivity contribution < 1.29 is 9.47 Å². The molecule has 0 atom stereocenters. The van der Waals surface area contributed by atoms with Gasteiger partial charge in [-0.25, -0.2) is 0 Å². The van der Waals surface area contributed by atoms with Gasteiger partial charge in [-0.3, -0.25) is 0 Å². The van der Waals surface area contributed by atoms with Crippen LogP contribution in [0.25, 0.3) is 0 Å². The van der Waals surface area contributed by atoms with E-state index in [4.69, 9.17) is 9.47 Å². The Balaban J connectivity index is 1.25. The number of nitrogens with zero attached hydrogens (tertiary/aromatic N) is 1. The van der Waals surface area contributed by atoms with Crippen LogP contribution < -0.4 is 41.1 Å². The Morgan fingerprint density at radius 2 is 1.27 bits per heavy atom. The summed E-state index contributed by atoms with van der Waals surface area (Å²) >= 11 is 0. The number of hydrogen-bond donors (Lipinski definition) is 0. The van der Waals surface area contributed by atoms with Crippen molar-refractivity contribution in [1.82, 2.24) is 0 Å². The monoisotopic (exact) mass is 603 g/mol. The lowest BCUT2D eigenvalue weighted by Gasteiger charge is -2.44. The largest absolute Gasteiger partial charge is 0.458 e. The van der Waals surface area contributed by atoms with E-state index in [1.807, 2.05) is 0 Å². The van der Waals surface area contributed by atoms with Crippen LogP contribution in [-0.2, 0) is 10.8 Å². The van der Waals surface area contributed by atoms with Gasteiger partial charge in [0.15, 0.2) is 0 Å². The number of benzene rings is 5. The molecule has 0 saturated heterocycles. The normalized spacial score (nSPS) is 18.6. The van der Waals surface area contributed by atoms with Crippen molar-refractivity contribution in [3.8, 4) is 23.0 Å². The van der Waals surface area contributed by atoms with Crippen LogP contribution in [-0.4, -0.2) is 14.8 Å². The zero-order valence-corrected chi connectivity index (χ0v) is 28.0. The van der Waals surface area contributed by atoms with Gasteiger partial charge in [-0.2, -0.15) is 0 Å². The predicted molar refractivity (Wildman–Crippen MR) is 191 cm³/mol. The fraction of sp³-hybridized carbons (Fsp3) is 0.250. The topological polar surface area (TPSA) is 21.7 Å². The number of fused-ring (bicyclic) bond motifs is 8. The average molecular weight is 604 g/mol. The maximum Gasteiger partial charge on any atom is 0.260 e. The smallest absolute Gasteiger partial charge is 0.260 e. The van der Waals surface area contributed by atoms with Crippen molar-refractivity contribution in [2.24, 2.45) is 0 Å². The predicted octanol–water partition coefficient (Wildman–Crippen LogP) is 7.37. The van der Waals surface area contributed by atoms with Crippen LogP contribution in [0, 0.1) is 0 Å². The summed E-state index contributed by atoms with van der Waals surface area (Å²) in [4.78, 5) is 2.44. The molecule has 0 fully saturated rings. The van der Waals surface area contributed by atoms with E-state index in [0.29, 0.717) is 0 Å². The SMILES string of the molecule is CC1(C)CCC(C)(C)c2c1ccc1c2Oc2cccc3c2B1c1ccc(N2c4ccccc4[Si](C)(C)c4ccccc42)cc1O3. The molecule has 222 valence electrons. The minimum Gasteiger partial charge on any atom is -0.458 e. The molecular formula is C40H38BNO2Si. The van der Waals surface area contributed by atoms with E-state index in [1.54, 1.807) is 0 Å². The van der Waals surface area contributed by atoms with Crippen LogP contribution in [0.1, 0.15) is 51.7 Å². The standard InChI is InChI=1S/C40H38BNO2Si/c1-39(2)22-23-40(3,4)36-26(39)19-21-28-38(36)44-32-15-11-14-31-37(32)41(28)27-20-18-25(24-33(27)43-31)42-29-12-7-9-16-34(29)45(5,6)35-17-10-8-13-30(35)42/h7-21,24H,22-23H2,1-6H3. The summed E-state index contributed by atoms with van der Waals surface area (Å²) in [7, 11) is -1.86. The number of rotatable bonds is 1. The fourth-order valence-electron chi connectivity index (χ4n) is 8.69. The molecule has 0 aromatic heterocycles. The first kappa shape index (κ1) is 27.1. The van der Waals surface area contributed by atoms with Crippen molar-refractivity contribution in [2.75, 3.05) is 4.90 Å². The van der Waals surface area contributed by atoms with Crippen LogP contribution in [0.4, 0.5) is 17.1 Å². The second kappa shape index (κ2) is 8.95. The van der Waals surface area contributed by atoms with Gasteiger partial charge < -0.3 is 14.4 Å². The summed E-state index contributed by atoms with van der Waals surface area (Å²) in [5, 5.41) is 2.93. The third kappa shape index (κ3) is 3.65. The van der Waals surface area contributed by atoms with E-state index in [9.17, 15) is 0 Å². The zero-order valence-electron chi connectivity index (χ0n) is 27.0. The van der Waals surface area contributed by atoms with E-state index >= 15 is 0 Å². The van der Waals surface area contributed by atoms with Gasteiger partial charge in [0.1, 0.15) is 31.1 Å². The van der Waals surface area contributed by atoms with E-state index < -0.39 is 8.07 Å². The molecule has 5 heteroatoms. The van der Waals surface area contributed by atoms with Crippen molar-refractivity contribution in [3.63, 3.8) is 0 Å². The highest BCUT2D eigenvalue weighted by molar-refractivity contribution is 7.02. The molecular weight excluding hydrogens is 565 g/mol. The minimum absolute atomic E-state index is 0.0370. The molecule has 0 bridgehead atoms. The molecule has 5 aromatic rings. The van der Waals surface area contributed by atoms with Gasteiger partial charge in [0.25, 0.3) is 6.71 Å². The molecule has 5 aromatic carbocycles. The third-order valence-corrected chi connectivity index (χ3v) is 14.8. The Morgan fingerprint density at radius 1 is 0.644 bits per heavy atom. The highest BCUT2D eigenvalue weighted by Gasteiger charge is 2.46. The Morgan fingerprint density at radius 3 is 1.98 bits per heavy atom. The van der Waals surface area contributed by atoms with Gasteiger partial charge in [-0.15, -0.1) is 0 Å². The lowest BCUT2D eigenvalue weighted by Crippen LogP contribution is -2.59. The molecule has 9 rings (SSSR count). The molecule has 1 aliphatic carbocycles. The van der Waals surface area contributed by atoms with Crippen LogP contribution >= 0.6 is 0 Å². The molecule has 0 amide bonds. The highest BCUT2D eigenvalue weighted by atomic mass is 28.3. The number of ether oxygens (including phenoxy) is 2.